The van der Waals surface area contributed by atoms with E-state index in [0.717, 1.165) is 12.0 Å². The first kappa shape index (κ1) is 17.4. The Morgan fingerprint density at radius 3 is 2.38 bits per heavy atom. The molecule has 0 heterocycles. The topological polar surface area (TPSA) is 70.8 Å². The molecule has 0 radical (unpaired) electrons. The lowest BCUT2D eigenvalue weighted by Crippen LogP contribution is -2.20. The van der Waals surface area contributed by atoms with Crippen LogP contribution in [-0.4, -0.2) is 31.0 Å². The molecule has 1 aromatic rings. The van der Waals surface area contributed by atoms with Gasteiger partial charge in [0.25, 0.3) is 0 Å². The molecule has 0 aliphatic carbocycles. The van der Waals surface area contributed by atoms with Crippen LogP contribution in [0.3, 0.4) is 0 Å². The second-order valence-electron chi connectivity index (χ2n) is 4.39. The first-order chi connectivity index (χ1) is 10.1. The zero-order chi connectivity index (χ0) is 15.7. The lowest BCUT2D eigenvalue weighted by atomic mass is 10.1. The zero-order valence-electron chi connectivity index (χ0n) is 12.8. The number of nitrogens with zero attached hydrogens (tertiary/aromatic N) is 1. The lowest BCUT2D eigenvalue weighted by Gasteiger charge is -2.17. The number of aryl methyl sites for hydroxylation is 1. The van der Waals surface area contributed by atoms with Crippen LogP contribution in [0.2, 0.25) is 0 Å². The maximum absolute atomic E-state index is 11.1. The van der Waals surface area contributed by atoms with Crippen molar-refractivity contribution in [1.29, 1.82) is 0 Å². The van der Waals surface area contributed by atoms with E-state index in [-0.39, 0.29) is 17.7 Å². The van der Waals surface area contributed by atoms with Gasteiger partial charge in [0, 0.05) is 25.7 Å². The van der Waals surface area contributed by atoms with Gasteiger partial charge in [-0.25, -0.2) is 0 Å². The van der Waals surface area contributed by atoms with Crippen molar-refractivity contribution >= 4 is 5.69 Å². The zero-order valence-corrected chi connectivity index (χ0v) is 12.8. The van der Waals surface area contributed by atoms with Gasteiger partial charge in [-0.2, -0.15) is 0 Å². The third kappa shape index (κ3) is 5.69. The molecule has 0 amide bonds. The largest absolute Gasteiger partial charge is 0.487 e. The average Bonchev–Trinajstić information content (AvgIpc) is 2.47. The van der Waals surface area contributed by atoms with Crippen molar-refractivity contribution in [1.82, 2.24) is 0 Å². The van der Waals surface area contributed by atoms with E-state index in [9.17, 15) is 10.1 Å². The summed E-state index contributed by atoms with van der Waals surface area (Å²) in [5.74, 6) is 0.281. The van der Waals surface area contributed by atoms with Crippen molar-refractivity contribution in [3.8, 4) is 5.75 Å². The summed E-state index contributed by atoms with van der Waals surface area (Å²) in [4.78, 5) is 10.6. The Balaban J connectivity index is 2.63. The van der Waals surface area contributed by atoms with Crippen LogP contribution < -0.4 is 4.74 Å². The van der Waals surface area contributed by atoms with Gasteiger partial charge in [0.2, 0.25) is 0 Å². The molecule has 0 aliphatic heterocycles. The van der Waals surface area contributed by atoms with Gasteiger partial charge in [-0.1, -0.05) is 13.0 Å². The first-order valence-electron chi connectivity index (χ1n) is 7.25. The van der Waals surface area contributed by atoms with Crippen molar-refractivity contribution in [3.63, 3.8) is 0 Å². The Kier molecular flexibility index (Phi) is 7.71. The molecule has 118 valence electrons. The summed E-state index contributed by atoms with van der Waals surface area (Å²) < 4.78 is 16.3. The molecule has 6 heteroatoms. The predicted molar refractivity (Wildman–Crippen MR) is 79.6 cm³/mol. The van der Waals surface area contributed by atoms with Crippen molar-refractivity contribution in [3.05, 3.63) is 33.9 Å². The summed E-state index contributed by atoms with van der Waals surface area (Å²) >= 11 is 0. The maximum atomic E-state index is 11.1. The Labute approximate surface area is 125 Å². The van der Waals surface area contributed by atoms with Gasteiger partial charge >= 0.3 is 5.69 Å². The molecule has 0 spiro atoms. The molecule has 1 rings (SSSR count). The van der Waals surface area contributed by atoms with Gasteiger partial charge in [0.05, 0.1) is 11.5 Å². The molecule has 0 N–H and O–H groups in total. The highest BCUT2D eigenvalue weighted by molar-refractivity contribution is 5.48. The van der Waals surface area contributed by atoms with Gasteiger partial charge in [-0.3, -0.25) is 10.1 Å². The summed E-state index contributed by atoms with van der Waals surface area (Å²) in [6, 6.07) is 5.04. The van der Waals surface area contributed by atoms with E-state index in [2.05, 4.69) is 0 Å². The van der Waals surface area contributed by atoms with Crippen LogP contribution in [0.25, 0.3) is 0 Å². The number of rotatable bonds is 10. The van der Waals surface area contributed by atoms with Crippen molar-refractivity contribution < 1.29 is 19.1 Å². The number of benzene rings is 1. The highest BCUT2D eigenvalue weighted by atomic mass is 16.7. The van der Waals surface area contributed by atoms with Crippen LogP contribution in [-0.2, 0) is 15.9 Å². The fourth-order valence-electron chi connectivity index (χ4n) is 1.90. The molecule has 0 unspecified atom stereocenters. The van der Waals surface area contributed by atoms with Gasteiger partial charge < -0.3 is 14.2 Å². The minimum atomic E-state index is -0.420. The number of hydrogen-bond acceptors (Lipinski definition) is 5. The first-order valence-corrected chi connectivity index (χ1v) is 7.25. The molecule has 0 aliphatic rings. The Hall–Kier alpha value is -1.66. The molecular formula is C15H23NO5. The maximum Gasteiger partial charge on any atom is 0.311 e. The van der Waals surface area contributed by atoms with E-state index in [1.165, 1.54) is 0 Å². The Morgan fingerprint density at radius 1 is 1.19 bits per heavy atom. The van der Waals surface area contributed by atoms with E-state index >= 15 is 0 Å². The standard InChI is InChI=1S/C15H23NO5/c1-4-12-7-8-14(13(11-12)16(17)18)21-10-9-15(19-5-2)20-6-3/h7-8,11,15H,4-6,9-10H2,1-3H3. The van der Waals surface area contributed by atoms with Gasteiger partial charge in [0.1, 0.15) is 0 Å². The third-order valence-electron chi connectivity index (χ3n) is 2.94. The number of nitro groups is 1. The van der Waals surface area contributed by atoms with Crippen LogP contribution in [0.5, 0.6) is 5.75 Å². The summed E-state index contributed by atoms with van der Waals surface area (Å²) in [7, 11) is 0. The van der Waals surface area contributed by atoms with Crippen molar-refractivity contribution in [2.75, 3.05) is 19.8 Å². The molecule has 1 aromatic carbocycles. The van der Waals surface area contributed by atoms with Crippen LogP contribution in [0.4, 0.5) is 5.69 Å². The minimum Gasteiger partial charge on any atom is -0.487 e. The monoisotopic (exact) mass is 297 g/mol. The average molecular weight is 297 g/mol. The van der Waals surface area contributed by atoms with Crippen molar-refractivity contribution in [2.45, 2.75) is 39.9 Å². The van der Waals surface area contributed by atoms with E-state index in [1.807, 2.05) is 26.8 Å². The van der Waals surface area contributed by atoms with Gasteiger partial charge in [-0.05, 0) is 31.9 Å². The van der Waals surface area contributed by atoms with Crippen LogP contribution in [0, 0.1) is 10.1 Å². The summed E-state index contributed by atoms with van der Waals surface area (Å²) in [6.07, 6.45) is 0.931. The fourth-order valence-corrected chi connectivity index (χ4v) is 1.90. The third-order valence-corrected chi connectivity index (χ3v) is 2.94. The summed E-state index contributed by atoms with van der Waals surface area (Å²) in [6.45, 7) is 7.14. The molecule has 0 fully saturated rings. The van der Waals surface area contributed by atoms with Crippen LogP contribution in [0.1, 0.15) is 32.8 Å². The Morgan fingerprint density at radius 2 is 1.86 bits per heavy atom. The normalized spacial score (nSPS) is 10.9. The van der Waals surface area contributed by atoms with Crippen LogP contribution >= 0.6 is 0 Å². The second-order valence-corrected chi connectivity index (χ2v) is 4.39. The molecule has 6 nitrogen and oxygen atoms in total. The van der Waals surface area contributed by atoms with E-state index < -0.39 is 4.92 Å². The molecule has 0 aromatic heterocycles. The molecule has 0 atom stereocenters. The Bertz CT molecular complexity index is 444. The smallest absolute Gasteiger partial charge is 0.311 e. The fraction of sp³-hybridized carbons (Fsp3) is 0.600. The van der Waals surface area contributed by atoms with Gasteiger partial charge in [0.15, 0.2) is 12.0 Å². The second kappa shape index (κ2) is 9.31. The lowest BCUT2D eigenvalue weighted by molar-refractivity contribution is -0.386. The number of nitro benzene ring substituents is 1. The summed E-state index contributed by atoms with van der Waals surface area (Å²) in [5, 5.41) is 11.1. The number of hydrogen-bond donors (Lipinski definition) is 0. The SMILES string of the molecule is CCOC(CCOc1ccc(CC)cc1[N+](=O)[O-])OCC. The van der Waals surface area contributed by atoms with Crippen LogP contribution in [0.15, 0.2) is 18.2 Å². The van der Waals surface area contributed by atoms with Crippen molar-refractivity contribution in [2.24, 2.45) is 0 Å². The molecule has 0 bridgehead atoms. The summed E-state index contributed by atoms with van der Waals surface area (Å²) in [5.41, 5.74) is 0.911. The number of ether oxygens (including phenoxy) is 3. The molecule has 21 heavy (non-hydrogen) atoms. The van der Waals surface area contributed by atoms with E-state index in [1.54, 1.807) is 12.1 Å². The molecule has 0 saturated carbocycles. The van der Waals surface area contributed by atoms with E-state index in [0.29, 0.717) is 26.2 Å². The van der Waals surface area contributed by atoms with Gasteiger partial charge in [-0.15, -0.1) is 0 Å². The molecule has 0 saturated heterocycles. The highest BCUT2D eigenvalue weighted by Gasteiger charge is 2.16. The predicted octanol–water partition coefficient (Wildman–Crippen LogP) is 3.33. The van der Waals surface area contributed by atoms with E-state index in [4.69, 9.17) is 14.2 Å². The quantitative estimate of drug-likeness (QED) is 0.376. The molecular weight excluding hydrogens is 274 g/mol. The highest BCUT2D eigenvalue weighted by Crippen LogP contribution is 2.28. The minimum absolute atomic E-state index is 0.00119.